The van der Waals surface area contributed by atoms with Gasteiger partial charge in [-0.05, 0) is 36.1 Å². The minimum Gasteiger partial charge on any atom is -0.342 e. The van der Waals surface area contributed by atoms with Crippen molar-refractivity contribution in [3.63, 3.8) is 0 Å². The Bertz CT molecular complexity index is 1370. The predicted octanol–water partition coefficient (Wildman–Crippen LogP) is 4.59. The normalized spacial score (nSPS) is 12.5. The number of nitrogens with zero attached hydrogens (tertiary/aromatic N) is 5. The van der Waals surface area contributed by atoms with Crippen molar-refractivity contribution in [3.8, 4) is 11.4 Å². The van der Waals surface area contributed by atoms with Crippen molar-refractivity contribution in [2.75, 3.05) is 0 Å². The SMILES string of the molecule is C[C@H](Cc1ncnc2nc[nH]c12)c1cc2c(F)cc(F)cc2nc1-c1ccccn1. The van der Waals surface area contributed by atoms with Crippen LogP contribution in [0.4, 0.5) is 8.78 Å². The van der Waals surface area contributed by atoms with Gasteiger partial charge in [0, 0.05) is 23.7 Å². The molecule has 4 heterocycles. The highest BCUT2D eigenvalue weighted by Gasteiger charge is 2.20. The molecule has 1 N–H and O–H groups in total. The largest absolute Gasteiger partial charge is 0.342 e. The second-order valence-electron chi connectivity index (χ2n) is 7.12. The maximum atomic E-state index is 14.5. The van der Waals surface area contributed by atoms with E-state index in [-0.39, 0.29) is 16.8 Å². The topological polar surface area (TPSA) is 80.2 Å². The summed E-state index contributed by atoms with van der Waals surface area (Å²) in [5.74, 6) is -1.39. The van der Waals surface area contributed by atoms with Gasteiger partial charge in [0.15, 0.2) is 5.65 Å². The molecule has 30 heavy (non-hydrogen) atoms. The molecule has 0 spiro atoms. The van der Waals surface area contributed by atoms with Gasteiger partial charge < -0.3 is 4.98 Å². The first-order chi connectivity index (χ1) is 14.6. The molecular formula is C22H16F2N6. The molecule has 6 nitrogen and oxygen atoms in total. The van der Waals surface area contributed by atoms with E-state index in [9.17, 15) is 8.78 Å². The van der Waals surface area contributed by atoms with Gasteiger partial charge in [0.2, 0.25) is 0 Å². The van der Waals surface area contributed by atoms with E-state index in [0.717, 1.165) is 22.8 Å². The second-order valence-corrected chi connectivity index (χ2v) is 7.12. The molecule has 0 radical (unpaired) electrons. The standard InChI is InChI=1S/C22H16F2N6/c1-12(6-19-21-22(28-10-26-19)29-11-27-21)14-9-15-16(24)7-13(23)8-18(15)30-20(14)17-4-2-3-5-25-17/h2-5,7-12H,6H2,1H3,(H,26,27,28,29)/t12-/m1/s1. The molecule has 0 aliphatic heterocycles. The molecule has 0 aliphatic carbocycles. The Morgan fingerprint density at radius 1 is 1.03 bits per heavy atom. The summed E-state index contributed by atoms with van der Waals surface area (Å²) in [4.78, 5) is 24.8. The van der Waals surface area contributed by atoms with Crippen LogP contribution in [0.5, 0.6) is 0 Å². The lowest BCUT2D eigenvalue weighted by Crippen LogP contribution is -2.06. The van der Waals surface area contributed by atoms with Gasteiger partial charge in [0.25, 0.3) is 0 Å². The number of nitrogens with one attached hydrogen (secondary N) is 1. The molecule has 0 bridgehead atoms. The summed E-state index contributed by atoms with van der Waals surface area (Å²) >= 11 is 0. The van der Waals surface area contributed by atoms with Gasteiger partial charge in [0.05, 0.1) is 28.9 Å². The van der Waals surface area contributed by atoms with Crippen LogP contribution in [-0.4, -0.2) is 29.9 Å². The van der Waals surface area contributed by atoms with Crippen molar-refractivity contribution >= 4 is 22.1 Å². The minimum absolute atomic E-state index is 0.0789. The van der Waals surface area contributed by atoms with Gasteiger partial charge in [-0.15, -0.1) is 0 Å². The van der Waals surface area contributed by atoms with E-state index in [1.807, 2.05) is 25.1 Å². The zero-order valence-electron chi connectivity index (χ0n) is 16.0. The molecule has 0 saturated heterocycles. The van der Waals surface area contributed by atoms with Crippen molar-refractivity contribution in [2.24, 2.45) is 0 Å². The molecule has 0 unspecified atom stereocenters. The molecule has 0 aliphatic rings. The zero-order chi connectivity index (χ0) is 20.7. The van der Waals surface area contributed by atoms with Crippen LogP contribution in [-0.2, 0) is 6.42 Å². The summed E-state index contributed by atoms with van der Waals surface area (Å²) in [6.45, 7) is 2.01. The van der Waals surface area contributed by atoms with E-state index >= 15 is 0 Å². The van der Waals surface area contributed by atoms with Gasteiger partial charge in [0.1, 0.15) is 23.5 Å². The van der Waals surface area contributed by atoms with Crippen LogP contribution in [0.25, 0.3) is 33.5 Å². The fourth-order valence-electron chi connectivity index (χ4n) is 3.67. The molecule has 5 rings (SSSR count). The van der Waals surface area contributed by atoms with E-state index in [2.05, 4.69) is 29.9 Å². The van der Waals surface area contributed by atoms with Crippen molar-refractivity contribution in [1.29, 1.82) is 0 Å². The number of hydrogen-bond acceptors (Lipinski definition) is 5. The van der Waals surface area contributed by atoms with Crippen LogP contribution < -0.4 is 0 Å². The Morgan fingerprint density at radius 3 is 2.77 bits per heavy atom. The fourth-order valence-corrected chi connectivity index (χ4v) is 3.67. The fraction of sp³-hybridized carbons (Fsp3) is 0.136. The van der Waals surface area contributed by atoms with E-state index in [0.29, 0.717) is 23.5 Å². The number of aromatic nitrogens is 6. The molecule has 1 atom stereocenters. The number of pyridine rings is 2. The molecule has 0 saturated carbocycles. The Hall–Kier alpha value is -3.81. The van der Waals surface area contributed by atoms with Crippen molar-refractivity contribution < 1.29 is 8.78 Å². The van der Waals surface area contributed by atoms with Gasteiger partial charge >= 0.3 is 0 Å². The van der Waals surface area contributed by atoms with Crippen LogP contribution in [0.1, 0.15) is 24.1 Å². The molecule has 0 fully saturated rings. The summed E-state index contributed by atoms with van der Waals surface area (Å²) in [6.07, 6.45) is 5.28. The van der Waals surface area contributed by atoms with E-state index < -0.39 is 11.6 Å². The first kappa shape index (κ1) is 18.2. The molecule has 0 amide bonds. The Kier molecular flexibility index (Phi) is 4.39. The van der Waals surface area contributed by atoms with Crippen molar-refractivity contribution in [3.05, 3.63) is 78.1 Å². The average molecular weight is 402 g/mol. The highest BCUT2D eigenvalue weighted by atomic mass is 19.1. The highest BCUT2D eigenvalue weighted by molar-refractivity contribution is 5.84. The first-order valence-corrected chi connectivity index (χ1v) is 9.44. The predicted molar refractivity (Wildman–Crippen MR) is 109 cm³/mol. The number of benzene rings is 1. The lowest BCUT2D eigenvalue weighted by molar-refractivity contribution is 0.591. The summed E-state index contributed by atoms with van der Waals surface area (Å²) < 4.78 is 28.3. The Labute approximate surface area is 170 Å². The first-order valence-electron chi connectivity index (χ1n) is 9.44. The maximum absolute atomic E-state index is 14.5. The van der Waals surface area contributed by atoms with Crippen LogP contribution >= 0.6 is 0 Å². The van der Waals surface area contributed by atoms with Gasteiger partial charge in [-0.25, -0.2) is 28.7 Å². The van der Waals surface area contributed by atoms with E-state index in [1.165, 1.54) is 12.4 Å². The highest BCUT2D eigenvalue weighted by Crippen LogP contribution is 2.33. The third-order valence-electron chi connectivity index (χ3n) is 5.12. The number of halogens is 2. The summed E-state index contributed by atoms with van der Waals surface area (Å²) in [5, 5.41) is 0.271. The second kappa shape index (κ2) is 7.22. The van der Waals surface area contributed by atoms with Crippen molar-refractivity contribution in [1.82, 2.24) is 29.9 Å². The molecule has 5 aromatic rings. The number of hydrogen-bond donors (Lipinski definition) is 1. The molecular weight excluding hydrogens is 386 g/mol. The zero-order valence-corrected chi connectivity index (χ0v) is 16.0. The third-order valence-corrected chi connectivity index (χ3v) is 5.12. The smallest absolute Gasteiger partial charge is 0.180 e. The number of aromatic amines is 1. The average Bonchev–Trinajstić information content (AvgIpc) is 3.23. The van der Waals surface area contributed by atoms with E-state index in [4.69, 9.17) is 0 Å². The Morgan fingerprint density at radius 2 is 1.93 bits per heavy atom. The number of fused-ring (bicyclic) bond motifs is 2. The molecule has 4 aromatic heterocycles. The number of H-pyrrole nitrogens is 1. The monoisotopic (exact) mass is 402 g/mol. The van der Waals surface area contributed by atoms with Gasteiger partial charge in [-0.3, -0.25) is 4.98 Å². The van der Waals surface area contributed by atoms with Crippen LogP contribution in [0.2, 0.25) is 0 Å². The van der Waals surface area contributed by atoms with Gasteiger partial charge in [-0.2, -0.15) is 0 Å². The molecule has 8 heteroatoms. The van der Waals surface area contributed by atoms with Gasteiger partial charge in [-0.1, -0.05) is 13.0 Å². The summed E-state index contributed by atoms with van der Waals surface area (Å²) in [5.41, 5.74) is 4.45. The van der Waals surface area contributed by atoms with Crippen LogP contribution in [0.3, 0.4) is 0 Å². The summed E-state index contributed by atoms with van der Waals surface area (Å²) in [7, 11) is 0. The Balaban J connectivity index is 1.67. The maximum Gasteiger partial charge on any atom is 0.180 e. The summed E-state index contributed by atoms with van der Waals surface area (Å²) in [6, 6.07) is 9.33. The van der Waals surface area contributed by atoms with Crippen molar-refractivity contribution in [2.45, 2.75) is 19.3 Å². The third kappa shape index (κ3) is 3.16. The minimum atomic E-state index is -0.664. The number of imidazole rings is 1. The molecule has 148 valence electrons. The quantitative estimate of drug-likeness (QED) is 0.476. The lowest BCUT2D eigenvalue weighted by Gasteiger charge is -2.17. The van der Waals surface area contributed by atoms with Crippen LogP contribution in [0, 0.1) is 11.6 Å². The molecule has 1 aromatic carbocycles. The number of rotatable bonds is 4. The van der Waals surface area contributed by atoms with Crippen LogP contribution in [0.15, 0.2) is 55.2 Å². The lowest BCUT2D eigenvalue weighted by atomic mass is 9.91. The van der Waals surface area contributed by atoms with E-state index in [1.54, 1.807) is 18.6 Å².